The Morgan fingerprint density at radius 1 is 1.05 bits per heavy atom. The van der Waals surface area contributed by atoms with Crippen LogP contribution in [0.3, 0.4) is 0 Å². The monoisotopic (exact) mass is 293 g/mol. The van der Waals surface area contributed by atoms with Gasteiger partial charge in [-0.15, -0.1) is 11.3 Å². The molecule has 1 aromatic carbocycles. The zero-order chi connectivity index (χ0) is 14.5. The molecule has 0 N–H and O–H groups in total. The van der Waals surface area contributed by atoms with E-state index in [1.165, 1.54) is 4.88 Å². The molecule has 2 aromatic heterocycles. The molecule has 2 heterocycles. The first-order valence-electron chi connectivity index (χ1n) is 6.33. The summed E-state index contributed by atoms with van der Waals surface area (Å²) in [6, 6.07) is 15.2. The molecule has 3 rings (SSSR count). The van der Waals surface area contributed by atoms with Gasteiger partial charge in [-0.25, -0.2) is 0 Å². The molecule has 5 heteroatoms. The summed E-state index contributed by atoms with van der Waals surface area (Å²) in [5, 5.41) is 5.71. The Labute approximate surface area is 125 Å². The van der Waals surface area contributed by atoms with Crippen molar-refractivity contribution < 1.29 is 4.42 Å². The Morgan fingerprint density at radius 3 is 2.76 bits per heavy atom. The molecule has 0 radical (unpaired) electrons. The van der Waals surface area contributed by atoms with E-state index in [4.69, 9.17) is 9.95 Å². The van der Waals surface area contributed by atoms with Crippen LogP contribution in [0.4, 0.5) is 5.69 Å². The second-order valence-electron chi connectivity index (χ2n) is 4.26. The molecule has 0 aliphatic rings. The van der Waals surface area contributed by atoms with Crippen molar-refractivity contribution in [1.29, 1.82) is 0 Å². The van der Waals surface area contributed by atoms with Crippen molar-refractivity contribution in [3.63, 3.8) is 0 Å². The quantitative estimate of drug-likeness (QED) is 0.324. The molecule has 3 aromatic rings. The van der Waals surface area contributed by atoms with Gasteiger partial charge in [0.15, 0.2) is 0 Å². The van der Waals surface area contributed by atoms with Crippen molar-refractivity contribution in [3.8, 4) is 11.3 Å². The third kappa shape index (κ3) is 3.05. The summed E-state index contributed by atoms with van der Waals surface area (Å²) in [7, 11) is 0. The van der Waals surface area contributed by atoms with E-state index < -0.39 is 0 Å². The predicted molar refractivity (Wildman–Crippen MR) is 86.2 cm³/mol. The summed E-state index contributed by atoms with van der Waals surface area (Å²) >= 11 is 1.67. The molecule has 21 heavy (non-hydrogen) atoms. The van der Waals surface area contributed by atoms with E-state index in [0.717, 1.165) is 11.3 Å². The smallest absolute Gasteiger partial charge is 0.135 e. The number of hydrogen-bond acceptors (Lipinski definition) is 3. The van der Waals surface area contributed by atoms with E-state index in [9.17, 15) is 0 Å². The highest BCUT2D eigenvalue weighted by molar-refractivity contribution is 7.10. The largest absolute Gasteiger partial charge is 0.457 e. The van der Waals surface area contributed by atoms with Gasteiger partial charge < -0.3 is 4.42 Å². The highest BCUT2D eigenvalue weighted by Gasteiger charge is 2.07. The lowest BCUT2D eigenvalue weighted by molar-refractivity contribution is 0.572. The fourth-order valence-electron chi connectivity index (χ4n) is 1.95. The zero-order valence-corrected chi connectivity index (χ0v) is 11.8. The summed E-state index contributed by atoms with van der Waals surface area (Å²) in [5.74, 6) is 1.44. The summed E-state index contributed by atoms with van der Waals surface area (Å²) in [6.45, 7) is 0. The van der Waals surface area contributed by atoms with Gasteiger partial charge in [-0.1, -0.05) is 35.4 Å². The van der Waals surface area contributed by atoms with E-state index in [2.05, 4.69) is 10.0 Å². The Kier molecular flexibility index (Phi) is 3.87. The number of nitrogens with zero attached hydrogens (tertiary/aromatic N) is 3. The van der Waals surface area contributed by atoms with Crippen molar-refractivity contribution in [2.75, 3.05) is 0 Å². The lowest BCUT2D eigenvalue weighted by atomic mass is 10.1. The van der Waals surface area contributed by atoms with Crippen LogP contribution in [0.2, 0.25) is 0 Å². The van der Waals surface area contributed by atoms with Gasteiger partial charge in [0, 0.05) is 21.0 Å². The standard InChI is InChI=1S/C16H11N3OS/c17-19-18-15-6-2-1-5-14(15)16-10-8-12(20-16)7-9-13-4-3-11-21-13/h1-11H. The highest BCUT2D eigenvalue weighted by atomic mass is 32.1. The molecule has 0 atom stereocenters. The van der Waals surface area contributed by atoms with Crippen molar-refractivity contribution in [2.24, 2.45) is 5.11 Å². The molecule has 0 fully saturated rings. The number of furan rings is 1. The summed E-state index contributed by atoms with van der Waals surface area (Å²) in [6.07, 6.45) is 3.93. The first-order valence-corrected chi connectivity index (χ1v) is 7.21. The number of azide groups is 1. The number of thiophene rings is 1. The van der Waals surface area contributed by atoms with E-state index in [1.54, 1.807) is 17.4 Å². The van der Waals surface area contributed by atoms with Crippen LogP contribution in [0, 0.1) is 0 Å². The normalized spacial score (nSPS) is 10.7. The van der Waals surface area contributed by atoms with E-state index in [0.29, 0.717) is 11.4 Å². The molecule has 102 valence electrons. The minimum Gasteiger partial charge on any atom is -0.457 e. The molecule has 0 bridgehead atoms. The minimum atomic E-state index is 0.558. The molecular weight excluding hydrogens is 282 g/mol. The van der Waals surface area contributed by atoms with Crippen LogP contribution in [0.25, 0.3) is 33.9 Å². The highest BCUT2D eigenvalue weighted by Crippen LogP contribution is 2.32. The zero-order valence-electron chi connectivity index (χ0n) is 11.0. The summed E-state index contributed by atoms with van der Waals surface area (Å²) in [4.78, 5) is 4.01. The minimum absolute atomic E-state index is 0.558. The predicted octanol–water partition coefficient (Wildman–Crippen LogP) is 6.12. The van der Waals surface area contributed by atoms with Crippen molar-refractivity contribution in [2.45, 2.75) is 0 Å². The molecule has 0 saturated carbocycles. The lowest BCUT2D eigenvalue weighted by Crippen LogP contribution is -1.73. The molecule has 0 aliphatic carbocycles. The fourth-order valence-corrected chi connectivity index (χ4v) is 2.57. The second-order valence-corrected chi connectivity index (χ2v) is 5.24. The van der Waals surface area contributed by atoms with Crippen LogP contribution in [0.15, 0.2) is 63.4 Å². The SMILES string of the molecule is [N-]=[N+]=Nc1ccccc1-c1ccc(C=Cc2cccs2)o1. The molecular formula is C16H11N3OS. The Balaban J connectivity index is 1.90. The second kappa shape index (κ2) is 6.13. The van der Waals surface area contributed by atoms with Crippen LogP contribution in [0.5, 0.6) is 0 Å². The molecule has 0 aliphatic heterocycles. The Hall–Kier alpha value is -2.75. The lowest BCUT2D eigenvalue weighted by Gasteiger charge is -2.00. The van der Waals surface area contributed by atoms with E-state index >= 15 is 0 Å². The molecule has 4 nitrogen and oxygen atoms in total. The third-order valence-electron chi connectivity index (χ3n) is 2.90. The maximum atomic E-state index is 8.60. The van der Waals surface area contributed by atoms with Gasteiger partial charge in [0.2, 0.25) is 0 Å². The van der Waals surface area contributed by atoms with Crippen LogP contribution < -0.4 is 0 Å². The van der Waals surface area contributed by atoms with Crippen LogP contribution in [0.1, 0.15) is 10.6 Å². The van der Waals surface area contributed by atoms with Gasteiger partial charge in [-0.05, 0) is 41.3 Å². The fraction of sp³-hybridized carbons (Fsp3) is 0. The first-order chi connectivity index (χ1) is 10.4. The Bertz CT molecular complexity index is 812. The molecule has 0 spiro atoms. The average Bonchev–Trinajstić information content (AvgIpc) is 3.18. The van der Waals surface area contributed by atoms with Gasteiger partial charge in [-0.2, -0.15) is 0 Å². The van der Waals surface area contributed by atoms with E-state index in [-0.39, 0.29) is 0 Å². The summed E-state index contributed by atoms with van der Waals surface area (Å²) < 4.78 is 5.79. The van der Waals surface area contributed by atoms with Gasteiger partial charge in [0.1, 0.15) is 11.5 Å². The van der Waals surface area contributed by atoms with Gasteiger partial charge in [0.05, 0.1) is 0 Å². The molecule has 0 unspecified atom stereocenters. The number of rotatable bonds is 4. The average molecular weight is 293 g/mol. The topological polar surface area (TPSA) is 61.9 Å². The first kappa shape index (κ1) is 13.2. The maximum absolute atomic E-state index is 8.60. The maximum Gasteiger partial charge on any atom is 0.135 e. The Morgan fingerprint density at radius 2 is 1.95 bits per heavy atom. The van der Waals surface area contributed by atoms with Crippen LogP contribution in [-0.4, -0.2) is 0 Å². The summed E-state index contributed by atoms with van der Waals surface area (Å²) in [5.41, 5.74) is 9.95. The van der Waals surface area contributed by atoms with Crippen molar-refractivity contribution >= 4 is 29.2 Å². The van der Waals surface area contributed by atoms with E-state index in [1.807, 2.05) is 60.0 Å². The molecule has 0 amide bonds. The number of hydrogen-bond donors (Lipinski definition) is 0. The third-order valence-corrected chi connectivity index (χ3v) is 3.74. The number of benzene rings is 1. The van der Waals surface area contributed by atoms with Crippen LogP contribution in [-0.2, 0) is 0 Å². The van der Waals surface area contributed by atoms with Crippen LogP contribution >= 0.6 is 11.3 Å². The van der Waals surface area contributed by atoms with Gasteiger partial charge >= 0.3 is 0 Å². The van der Waals surface area contributed by atoms with Crippen molar-refractivity contribution in [1.82, 2.24) is 0 Å². The van der Waals surface area contributed by atoms with Gasteiger partial charge in [-0.3, -0.25) is 0 Å². The van der Waals surface area contributed by atoms with Gasteiger partial charge in [0.25, 0.3) is 0 Å². The van der Waals surface area contributed by atoms with Crippen molar-refractivity contribution in [3.05, 3.63) is 75.0 Å². The molecule has 0 saturated heterocycles.